The molecular weight excluding hydrogens is 174 g/mol. The molecule has 5 heteroatoms. The first kappa shape index (κ1) is 9.44. The summed E-state index contributed by atoms with van der Waals surface area (Å²) in [7, 11) is 0. The van der Waals surface area contributed by atoms with Crippen LogP contribution in [0.15, 0.2) is 11.6 Å². The second kappa shape index (κ2) is 3.84. The van der Waals surface area contributed by atoms with Gasteiger partial charge in [-0.25, -0.2) is 4.79 Å². The number of ether oxygens (including phenoxy) is 1. The molecule has 0 spiro atoms. The van der Waals surface area contributed by atoms with Crippen molar-refractivity contribution in [1.82, 2.24) is 4.90 Å². The molecule has 1 heterocycles. The van der Waals surface area contributed by atoms with E-state index >= 15 is 0 Å². The van der Waals surface area contributed by atoms with E-state index in [0.29, 0.717) is 18.4 Å². The molecule has 0 aliphatic carbocycles. The molecule has 0 aromatic heterocycles. The van der Waals surface area contributed by atoms with Crippen LogP contribution in [0.3, 0.4) is 0 Å². The summed E-state index contributed by atoms with van der Waals surface area (Å²) in [6.45, 7) is 1.71. The Morgan fingerprint density at radius 3 is 2.54 bits per heavy atom. The predicted molar refractivity (Wildman–Crippen MR) is 42.5 cm³/mol. The van der Waals surface area contributed by atoms with Gasteiger partial charge < -0.3 is 4.74 Å². The number of carbonyl (C=O) groups is 3. The average molecular weight is 183 g/mol. The van der Waals surface area contributed by atoms with E-state index in [4.69, 9.17) is 0 Å². The smallest absolute Gasteiger partial charge is 0.336 e. The highest BCUT2D eigenvalue weighted by Crippen LogP contribution is 2.17. The number of amides is 2. The number of allylic oxidation sites excluding steroid dienone is 1. The van der Waals surface area contributed by atoms with Gasteiger partial charge in [0.1, 0.15) is 12.6 Å². The van der Waals surface area contributed by atoms with Crippen molar-refractivity contribution in [3.8, 4) is 0 Å². The van der Waals surface area contributed by atoms with Crippen molar-refractivity contribution >= 4 is 18.8 Å². The molecule has 13 heavy (non-hydrogen) atoms. The van der Waals surface area contributed by atoms with Crippen LogP contribution in [0.2, 0.25) is 0 Å². The lowest BCUT2D eigenvalue weighted by molar-refractivity contribution is -0.136. The highest BCUT2D eigenvalue weighted by Gasteiger charge is 2.33. The zero-order valence-electron chi connectivity index (χ0n) is 7.10. The van der Waals surface area contributed by atoms with Gasteiger partial charge in [0, 0.05) is 0 Å². The van der Waals surface area contributed by atoms with Crippen molar-refractivity contribution in [2.45, 2.75) is 13.0 Å². The van der Waals surface area contributed by atoms with E-state index in [1.165, 1.54) is 0 Å². The Hall–Kier alpha value is -1.65. The molecule has 1 fully saturated rings. The molecule has 1 rings (SSSR count). The van der Waals surface area contributed by atoms with Crippen LogP contribution in [-0.2, 0) is 19.1 Å². The zero-order chi connectivity index (χ0) is 9.84. The van der Waals surface area contributed by atoms with Crippen LogP contribution in [0, 0.1) is 0 Å². The highest BCUT2D eigenvalue weighted by molar-refractivity contribution is 5.93. The third-order valence-corrected chi connectivity index (χ3v) is 1.88. The van der Waals surface area contributed by atoms with E-state index in [1.54, 1.807) is 13.0 Å². The second-order valence-corrected chi connectivity index (χ2v) is 2.52. The van der Waals surface area contributed by atoms with Crippen LogP contribution < -0.4 is 0 Å². The van der Waals surface area contributed by atoms with E-state index in [1.807, 2.05) is 0 Å². The van der Waals surface area contributed by atoms with E-state index in [2.05, 4.69) is 4.74 Å². The number of rotatable bonds is 3. The third kappa shape index (κ3) is 1.58. The van der Waals surface area contributed by atoms with Crippen LogP contribution >= 0.6 is 0 Å². The summed E-state index contributed by atoms with van der Waals surface area (Å²) >= 11 is 0. The fraction of sp³-hybridized carbons (Fsp3) is 0.375. The Kier molecular flexibility index (Phi) is 2.79. The molecule has 5 nitrogen and oxygen atoms in total. The van der Waals surface area contributed by atoms with E-state index < -0.39 is 12.0 Å². The monoisotopic (exact) mass is 183 g/mol. The quantitative estimate of drug-likeness (QED) is 0.335. The topological polar surface area (TPSA) is 63.7 Å². The minimum Gasteiger partial charge on any atom is -0.460 e. The van der Waals surface area contributed by atoms with E-state index in [-0.39, 0.29) is 6.61 Å². The van der Waals surface area contributed by atoms with Crippen molar-refractivity contribution in [1.29, 1.82) is 0 Å². The summed E-state index contributed by atoms with van der Waals surface area (Å²) in [5.41, 5.74) is 0.346. The van der Waals surface area contributed by atoms with Gasteiger partial charge in [-0.05, 0) is 6.92 Å². The normalized spacial score (nSPS) is 24.2. The van der Waals surface area contributed by atoms with Gasteiger partial charge in [-0.1, -0.05) is 6.08 Å². The molecule has 0 N–H and O–H groups in total. The fourth-order valence-electron chi connectivity index (χ4n) is 1.19. The average Bonchev–Trinajstić information content (AvgIpc) is 2.50. The predicted octanol–water partition coefficient (Wildman–Crippen LogP) is -0.527. The first-order valence-corrected chi connectivity index (χ1v) is 3.76. The Labute approximate surface area is 75.0 Å². The molecule has 0 bridgehead atoms. The fourth-order valence-corrected chi connectivity index (χ4v) is 1.19. The molecule has 1 aliphatic rings. The van der Waals surface area contributed by atoms with Crippen molar-refractivity contribution < 1.29 is 19.1 Å². The van der Waals surface area contributed by atoms with Gasteiger partial charge in [0.05, 0.1) is 5.57 Å². The van der Waals surface area contributed by atoms with Gasteiger partial charge in [0.2, 0.25) is 12.8 Å². The molecule has 0 radical (unpaired) electrons. The van der Waals surface area contributed by atoms with E-state index in [9.17, 15) is 14.4 Å². The Balaban J connectivity index is 2.87. The molecule has 1 saturated heterocycles. The van der Waals surface area contributed by atoms with Crippen LogP contribution in [-0.4, -0.2) is 36.3 Å². The van der Waals surface area contributed by atoms with Crippen molar-refractivity contribution in [2.75, 3.05) is 6.61 Å². The van der Waals surface area contributed by atoms with Crippen molar-refractivity contribution in [3.05, 3.63) is 11.6 Å². The molecule has 70 valence electrons. The van der Waals surface area contributed by atoms with Crippen LogP contribution in [0.25, 0.3) is 0 Å². The number of hydrogen-bond acceptors (Lipinski definition) is 4. The molecule has 0 aromatic rings. The van der Waals surface area contributed by atoms with Crippen LogP contribution in [0.5, 0.6) is 0 Å². The van der Waals surface area contributed by atoms with Gasteiger partial charge in [0.15, 0.2) is 0 Å². The molecule has 0 aromatic carbocycles. The first-order valence-electron chi connectivity index (χ1n) is 3.76. The van der Waals surface area contributed by atoms with Gasteiger partial charge in [0.25, 0.3) is 0 Å². The summed E-state index contributed by atoms with van der Waals surface area (Å²) in [4.78, 5) is 32.7. The first-order chi connectivity index (χ1) is 6.24. The summed E-state index contributed by atoms with van der Waals surface area (Å²) in [6, 6.07) is -0.563. The SMILES string of the molecule is C/C=C1/C(=O)OCC1N(C=O)C=O. The number of hydrogen-bond donors (Lipinski definition) is 0. The van der Waals surface area contributed by atoms with Gasteiger partial charge in [-0.2, -0.15) is 0 Å². The lowest BCUT2D eigenvalue weighted by atomic mass is 10.1. The lowest BCUT2D eigenvalue weighted by Crippen LogP contribution is -2.34. The molecule has 0 saturated carbocycles. The Morgan fingerprint density at radius 1 is 1.46 bits per heavy atom. The van der Waals surface area contributed by atoms with Gasteiger partial charge in [-0.15, -0.1) is 0 Å². The maximum Gasteiger partial charge on any atom is 0.336 e. The standard InChI is InChI=1S/C8H9NO4/c1-2-6-7(3-13-8(6)12)9(4-10)5-11/h2,4-5,7H,3H2,1H3/b6-2+. The van der Waals surface area contributed by atoms with Gasteiger partial charge >= 0.3 is 5.97 Å². The minimum atomic E-state index is -0.563. The number of nitrogens with zero attached hydrogens (tertiary/aromatic N) is 1. The second-order valence-electron chi connectivity index (χ2n) is 2.52. The van der Waals surface area contributed by atoms with Crippen molar-refractivity contribution in [2.24, 2.45) is 0 Å². The zero-order valence-corrected chi connectivity index (χ0v) is 7.10. The maximum absolute atomic E-state index is 11.0. The molecule has 1 atom stereocenters. The Morgan fingerprint density at radius 2 is 2.08 bits per heavy atom. The number of carbonyl (C=O) groups excluding carboxylic acids is 3. The largest absolute Gasteiger partial charge is 0.460 e. The molecule has 2 amide bonds. The lowest BCUT2D eigenvalue weighted by Gasteiger charge is -2.15. The minimum absolute atomic E-state index is 0.0516. The van der Waals surface area contributed by atoms with Crippen LogP contribution in [0.4, 0.5) is 0 Å². The highest BCUT2D eigenvalue weighted by atomic mass is 16.5. The summed E-state index contributed by atoms with van der Waals surface area (Å²) in [5.74, 6) is -0.471. The molecule has 1 unspecified atom stereocenters. The molecule has 1 aliphatic heterocycles. The van der Waals surface area contributed by atoms with Gasteiger partial charge in [-0.3, -0.25) is 14.5 Å². The third-order valence-electron chi connectivity index (χ3n) is 1.88. The number of cyclic esters (lactones) is 1. The van der Waals surface area contributed by atoms with E-state index in [0.717, 1.165) is 4.90 Å². The summed E-state index contributed by atoms with van der Waals surface area (Å²) in [5, 5.41) is 0. The van der Waals surface area contributed by atoms with Crippen LogP contribution in [0.1, 0.15) is 6.92 Å². The summed E-state index contributed by atoms with van der Waals surface area (Å²) < 4.78 is 4.69. The number of esters is 1. The summed E-state index contributed by atoms with van der Waals surface area (Å²) in [6.07, 6.45) is 2.30. The Bertz CT molecular complexity index is 263. The number of imide groups is 1. The molecular formula is C8H9NO4. The maximum atomic E-state index is 11.0. The van der Waals surface area contributed by atoms with Crippen molar-refractivity contribution in [3.63, 3.8) is 0 Å².